The van der Waals surface area contributed by atoms with E-state index in [1.807, 2.05) is 42.5 Å². The van der Waals surface area contributed by atoms with E-state index in [2.05, 4.69) is 23.2 Å². The Kier molecular flexibility index (Phi) is 8.10. The largest absolute Gasteiger partial charge is 0.489 e. The van der Waals surface area contributed by atoms with Crippen molar-refractivity contribution in [2.45, 2.75) is 32.8 Å². The van der Waals surface area contributed by atoms with Crippen LogP contribution in [0.25, 0.3) is 0 Å². The Morgan fingerprint density at radius 2 is 2.07 bits per heavy atom. The van der Waals surface area contributed by atoms with Gasteiger partial charge in [0.05, 0.1) is 17.3 Å². The lowest BCUT2D eigenvalue weighted by molar-refractivity contribution is 0.266. The number of nitrogens with two attached hydrogens (primary N) is 1. The van der Waals surface area contributed by atoms with E-state index in [1.54, 1.807) is 6.07 Å². The number of rotatable bonds is 7. The Morgan fingerprint density at radius 3 is 2.80 bits per heavy atom. The van der Waals surface area contributed by atoms with Gasteiger partial charge in [-0.25, -0.2) is 4.99 Å². The Balaban J connectivity index is 1.67. The topological polar surface area (TPSA) is 86.7 Å². The van der Waals surface area contributed by atoms with Crippen LogP contribution in [0.5, 0.6) is 5.75 Å². The molecule has 1 aliphatic heterocycles. The van der Waals surface area contributed by atoms with Gasteiger partial charge in [0.1, 0.15) is 12.4 Å². The first kappa shape index (κ1) is 21.7. The molecule has 6 nitrogen and oxygen atoms in total. The number of hydrogen-bond acceptors (Lipinski definition) is 4. The van der Waals surface area contributed by atoms with Gasteiger partial charge in [0.15, 0.2) is 5.96 Å². The molecular formula is C24H31N5O. The summed E-state index contributed by atoms with van der Waals surface area (Å²) in [6, 6.07) is 17.5. The highest BCUT2D eigenvalue weighted by Gasteiger charge is 2.19. The van der Waals surface area contributed by atoms with Crippen molar-refractivity contribution in [2.24, 2.45) is 16.6 Å². The molecule has 3 N–H and O–H groups in total. The molecule has 0 aliphatic carbocycles. The standard InChI is InChI=1S/C24H31N5O/c1-19-6-4-15-29(17-19)24(27-14-5-13-25)28-22-9-11-23(12-10-22)30-18-21-8-3-2-7-20(21)16-26/h2-3,7-12,19H,4-6,13-15,17-18,25H2,1H3,(H,27,28). The monoisotopic (exact) mass is 405 g/mol. The first-order chi connectivity index (χ1) is 14.7. The molecule has 1 saturated heterocycles. The van der Waals surface area contributed by atoms with Gasteiger partial charge < -0.3 is 20.7 Å². The number of piperidine rings is 1. The summed E-state index contributed by atoms with van der Waals surface area (Å²) in [5.41, 5.74) is 8.05. The highest BCUT2D eigenvalue weighted by molar-refractivity contribution is 5.83. The summed E-state index contributed by atoms with van der Waals surface area (Å²) in [6.07, 6.45) is 3.38. The number of ether oxygens (including phenoxy) is 1. The van der Waals surface area contributed by atoms with Crippen molar-refractivity contribution in [3.8, 4) is 11.8 Å². The highest BCUT2D eigenvalue weighted by Crippen LogP contribution is 2.22. The molecule has 2 aromatic carbocycles. The Hall–Kier alpha value is -3.04. The Labute approximate surface area is 179 Å². The van der Waals surface area contributed by atoms with Crippen molar-refractivity contribution in [3.05, 3.63) is 59.7 Å². The molecule has 0 bridgehead atoms. The average molecular weight is 406 g/mol. The van der Waals surface area contributed by atoms with Crippen molar-refractivity contribution in [1.82, 2.24) is 10.2 Å². The van der Waals surface area contributed by atoms with Crippen LogP contribution in [-0.2, 0) is 6.61 Å². The second kappa shape index (κ2) is 11.2. The Morgan fingerprint density at radius 1 is 1.27 bits per heavy atom. The second-order valence-corrected chi connectivity index (χ2v) is 7.75. The number of nitrogens with zero attached hydrogens (tertiary/aromatic N) is 3. The molecule has 0 aromatic heterocycles. The van der Waals surface area contributed by atoms with Crippen LogP contribution in [0.1, 0.15) is 37.3 Å². The van der Waals surface area contributed by atoms with Crippen LogP contribution in [0.4, 0.5) is 5.69 Å². The molecular weight excluding hydrogens is 374 g/mol. The van der Waals surface area contributed by atoms with Gasteiger partial charge in [-0.15, -0.1) is 0 Å². The van der Waals surface area contributed by atoms with E-state index < -0.39 is 0 Å². The predicted molar refractivity (Wildman–Crippen MR) is 121 cm³/mol. The van der Waals surface area contributed by atoms with Crippen molar-refractivity contribution < 1.29 is 4.74 Å². The lowest BCUT2D eigenvalue weighted by atomic mass is 10.0. The molecule has 1 fully saturated rings. The van der Waals surface area contributed by atoms with Gasteiger partial charge in [0.2, 0.25) is 0 Å². The maximum atomic E-state index is 9.20. The number of nitriles is 1. The molecule has 1 atom stereocenters. The minimum absolute atomic E-state index is 0.365. The van der Waals surface area contributed by atoms with Crippen molar-refractivity contribution >= 4 is 11.6 Å². The maximum Gasteiger partial charge on any atom is 0.199 e. The molecule has 30 heavy (non-hydrogen) atoms. The van der Waals surface area contributed by atoms with Crippen LogP contribution in [-0.4, -0.2) is 37.0 Å². The third-order valence-electron chi connectivity index (χ3n) is 5.22. The fourth-order valence-corrected chi connectivity index (χ4v) is 3.56. The van der Waals surface area contributed by atoms with E-state index in [0.717, 1.165) is 49.0 Å². The van der Waals surface area contributed by atoms with Crippen LogP contribution in [0.15, 0.2) is 53.5 Å². The molecule has 0 radical (unpaired) electrons. The fraction of sp³-hybridized carbons (Fsp3) is 0.417. The first-order valence-corrected chi connectivity index (χ1v) is 10.7. The zero-order valence-electron chi connectivity index (χ0n) is 17.7. The molecule has 3 rings (SSSR count). The average Bonchev–Trinajstić information content (AvgIpc) is 2.78. The SMILES string of the molecule is CC1CCCN(/C(=N\c2ccc(OCc3ccccc3C#N)cc2)NCCCN)C1. The number of guanidine groups is 1. The predicted octanol–water partition coefficient (Wildman–Crippen LogP) is 3.80. The van der Waals surface area contributed by atoms with E-state index >= 15 is 0 Å². The van der Waals surface area contributed by atoms with Crippen molar-refractivity contribution in [1.29, 1.82) is 5.26 Å². The van der Waals surface area contributed by atoms with Gasteiger partial charge in [0.25, 0.3) is 0 Å². The van der Waals surface area contributed by atoms with Crippen LogP contribution in [0.3, 0.4) is 0 Å². The van der Waals surface area contributed by atoms with E-state index in [9.17, 15) is 5.26 Å². The summed E-state index contributed by atoms with van der Waals surface area (Å²) >= 11 is 0. The fourth-order valence-electron chi connectivity index (χ4n) is 3.56. The second-order valence-electron chi connectivity index (χ2n) is 7.75. The van der Waals surface area contributed by atoms with Crippen molar-refractivity contribution in [3.63, 3.8) is 0 Å². The molecule has 0 amide bonds. The zero-order valence-corrected chi connectivity index (χ0v) is 17.7. The number of benzene rings is 2. The highest BCUT2D eigenvalue weighted by atomic mass is 16.5. The summed E-state index contributed by atoms with van der Waals surface area (Å²) in [7, 11) is 0. The van der Waals surface area contributed by atoms with Crippen LogP contribution < -0.4 is 15.8 Å². The number of likely N-dealkylation sites (tertiary alicyclic amines) is 1. The van der Waals surface area contributed by atoms with E-state index in [1.165, 1.54) is 12.8 Å². The third-order valence-corrected chi connectivity index (χ3v) is 5.22. The normalized spacial score (nSPS) is 16.8. The van der Waals surface area contributed by atoms with Crippen LogP contribution >= 0.6 is 0 Å². The summed E-state index contributed by atoms with van der Waals surface area (Å²) in [5.74, 6) is 2.35. The van der Waals surface area contributed by atoms with Crippen LogP contribution in [0, 0.1) is 17.2 Å². The number of nitrogens with one attached hydrogen (secondary N) is 1. The summed E-state index contributed by atoms with van der Waals surface area (Å²) in [6.45, 7) is 6.19. The van der Waals surface area contributed by atoms with Gasteiger partial charge in [-0.05, 0) is 62.1 Å². The van der Waals surface area contributed by atoms with E-state index in [0.29, 0.717) is 24.6 Å². The molecule has 1 heterocycles. The van der Waals surface area contributed by atoms with Gasteiger partial charge in [0, 0.05) is 25.2 Å². The number of aliphatic imine (C=N–C) groups is 1. The Bertz CT molecular complexity index is 872. The minimum atomic E-state index is 0.365. The van der Waals surface area contributed by atoms with Crippen LogP contribution in [0.2, 0.25) is 0 Å². The summed E-state index contributed by atoms with van der Waals surface area (Å²) in [4.78, 5) is 7.21. The van der Waals surface area contributed by atoms with Crippen molar-refractivity contribution in [2.75, 3.05) is 26.2 Å². The zero-order chi connectivity index (χ0) is 21.2. The van der Waals surface area contributed by atoms with Gasteiger partial charge in [-0.1, -0.05) is 25.1 Å². The minimum Gasteiger partial charge on any atom is -0.489 e. The smallest absolute Gasteiger partial charge is 0.199 e. The quantitative estimate of drug-likeness (QED) is 0.416. The van der Waals surface area contributed by atoms with E-state index in [-0.39, 0.29) is 0 Å². The molecule has 0 spiro atoms. The molecule has 6 heteroatoms. The third kappa shape index (κ3) is 6.23. The molecule has 0 saturated carbocycles. The summed E-state index contributed by atoms with van der Waals surface area (Å²) in [5, 5.41) is 12.7. The van der Waals surface area contributed by atoms with Gasteiger partial charge in [-0.3, -0.25) is 0 Å². The van der Waals surface area contributed by atoms with E-state index in [4.69, 9.17) is 15.5 Å². The molecule has 2 aromatic rings. The molecule has 158 valence electrons. The molecule has 1 unspecified atom stereocenters. The van der Waals surface area contributed by atoms with Gasteiger partial charge >= 0.3 is 0 Å². The number of hydrogen-bond donors (Lipinski definition) is 2. The molecule has 1 aliphatic rings. The van der Waals surface area contributed by atoms with Gasteiger partial charge in [-0.2, -0.15) is 5.26 Å². The lowest BCUT2D eigenvalue weighted by Crippen LogP contribution is -2.46. The summed E-state index contributed by atoms with van der Waals surface area (Å²) < 4.78 is 5.86. The lowest BCUT2D eigenvalue weighted by Gasteiger charge is -2.33. The first-order valence-electron chi connectivity index (χ1n) is 10.7. The maximum absolute atomic E-state index is 9.20.